The number of nitrogens with zero attached hydrogens (tertiary/aromatic N) is 1. The Balaban J connectivity index is 3.49. The summed E-state index contributed by atoms with van der Waals surface area (Å²) in [5.74, 6) is -1.13. The van der Waals surface area contributed by atoms with Gasteiger partial charge in [0.25, 0.3) is 5.69 Å². The van der Waals surface area contributed by atoms with Crippen molar-refractivity contribution in [3.8, 4) is 5.75 Å². The summed E-state index contributed by atoms with van der Waals surface area (Å²) in [5, 5.41) is 19.4. The maximum absolute atomic E-state index is 10.9. The van der Waals surface area contributed by atoms with Gasteiger partial charge in [0.1, 0.15) is 11.3 Å². The van der Waals surface area contributed by atoms with Crippen LogP contribution in [-0.2, 0) is 0 Å². The van der Waals surface area contributed by atoms with Crippen molar-refractivity contribution >= 4 is 11.7 Å². The first-order valence-corrected chi connectivity index (χ1v) is 4.04. The third-order valence-corrected chi connectivity index (χ3v) is 2.03. The van der Waals surface area contributed by atoms with Crippen LogP contribution in [0, 0.1) is 17.0 Å². The van der Waals surface area contributed by atoms with Crippen molar-refractivity contribution in [1.29, 1.82) is 0 Å². The van der Waals surface area contributed by atoms with E-state index in [1.54, 1.807) is 0 Å². The molecule has 1 aromatic rings. The van der Waals surface area contributed by atoms with Crippen molar-refractivity contribution in [1.82, 2.24) is 0 Å². The number of carboxylic acids is 1. The zero-order valence-electron chi connectivity index (χ0n) is 8.18. The van der Waals surface area contributed by atoms with Gasteiger partial charge < -0.3 is 9.84 Å². The molecule has 1 rings (SSSR count). The van der Waals surface area contributed by atoms with Gasteiger partial charge in [-0.15, -0.1) is 0 Å². The number of carboxylic acid groups (broad SMARTS) is 1. The number of benzene rings is 1. The Labute approximate surface area is 85.2 Å². The lowest BCUT2D eigenvalue weighted by Crippen LogP contribution is -2.05. The number of carbonyl (C=O) groups is 1. The monoisotopic (exact) mass is 211 g/mol. The summed E-state index contributed by atoms with van der Waals surface area (Å²) in [6.07, 6.45) is 0. The molecule has 0 unspecified atom stereocenters. The number of methoxy groups -OCH3 is 1. The van der Waals surface area contributed by atoms with Crippen LogP contribution >= 0.6 is 0 Å². The number of nitro benzene ring substituents is 1. The van der Waals surface area contributed by atoms with Gasteiger partial charge in [-0.05, 0) is 13.0 Å². The molecule has 0 aliphatic rings. The number of hydrogen-bond donors (Lipinski definition) is 1. The van der Waals surface area contributed by atoms with Crippen molar-refractivity contribution in [2.45, 2.75) is 6.92 Å². The van der Waals surface area contributed by atoms with E-state index in [4.69, 9.17) is 9.84 Å². The fraction of sp³-hybridized carbons (Fsp3) is 0.222. The lowest BCUT2D eigenvalue weighted by molar-refractivity contribution is -0.385. The SMILES string of the molecule is COc1ccc([N+](=O)[O-])c(C)c1C(=O)O. The molecule has 0 saturated carbocycles. The predicted molar refractivity (Wildman–Crippen MR) is 51.3 cm³/mol. The van der Waals surface area contributed by atoms with E-state index in [0.717, 1.165) is 0 Å². The highest BCUT2D eigenvalue weighted by atomic mass is 16.6. The number of rotatable bonds is 3. The lowest BCUT2D eigenvalue weighted by Gasteiger charge is -2.07. The topological polar surface area (TPSA) is 89.7 Å². The van der Waals surface area contributed by atoms with Crippen LogP contribution < -0.4 is 4.74 Å². The van der Waals surface area contributed by atoms with Crippen LogP contribution in [0.4, 0.5) is 5.69 Å². The largest absolute Gasteiger partial charge is 0.496 e. The molecule has 0 radical (unpaired) electrons. The van der Waals surface area contributed by atoms with Gasteiger partial charge in [-0.3, -0.25) is 10.1 Å². The van der Waals surface area contributed by atoms with E-state index in [1.807, 2.05) is 0 Å². The van der Waals surface area contributed by atoms with Gasteiger partial charge in [-0.2, -0.15) is 0 Å². The molecule has 0 spiro atoms. The van der Waals surface area contributed by atoms with Crippen LogP contribution in [0.2, 0.25) is 0 Å². The van der Waals surface area contributed by atoms with Crippen LogP contribution in [-0.4, -0.2) is 23.1 Å². The van der Waals surface area contributed by atoms with Gasteiger partial charge >= 0.3 is 5.97 Å². The zero-order chi connectivity index (χ0) is 11.6. The molecule has 0 aromatic heterocycles. The molecule has 0 saturated heterocycles. The minimum absolute atomic E-state index is 0.0897. The zero-order valence-corrected chi connectivity index (χ0v) is 8.18. The summed E-state index contributed by atoms with van der Waals surface area (Å²) in [4.78, 5) is 20.8. The maximum Gasteiger partial charge on any atom is 0.340 e. The van der Waals surface area contributed by atoms with Crippen LogP contribution in [0.5, 0.6) is 5.75 Å². The van der Waals surface area contributed by atoms with Gasteiger partial charge in [0.15, 0.2) is 0 Å². The molecule has 6 nitrogen and oxygen atoms in total. The first kappa shape index (κ1) is 11.0. The van der Waals surface area contributed by atoms with Crippen molar-refractivity contribution < 1.29 is 19.6 Å². The van der Waals surface area contributed by atoms with Crippen LogP contribution in [0.15, 0.2) is 12.1 Å². The van der Waals surface area contributed by atoms with E-state index in [2.05, 4.69) is 0 Å². The Morgan fingerprint density at radius 3 is 2.53 bits per heavy atom. The summed E-state index contributed by atoms with van der Waals surface area (Å²) in [6.45, 7) is 1.38. The van der Waals surface area contributed by atoms with Crippen molar-refractivity contribution in [2.24, 2.45) is 0 Å². The lowest BCUT2D eigenvalue weighted by atomic mass is 10.1. The fourth-order valence-electron chi connectivity index (χ4n) is 1.31. The Hall–Kier alpha value is -2.11. The Morgan fingerprint density at radius 1 is 1.53 bits per heavy atom. The quantitative estimate of drug-likeness (QED) is 0.605. The van der Waals surface area contributed by atoms with E-state index in [1.165, 1.54) is 26.2 Å². The fourth-order valence-corrected chi connectivity index (χ4v) is 1.31. The van der Waals surface area contributed by atoms with Gasteiger partial charge in [0.05, 0.1) is 12.0 Å². The summed E-state index contributed by atoms with van der Waals surface area (Å²) >= 11 is 0. The second-order valence-electron chi connectivity index (χ2n) is 2.85. The van der Waals surface area contributed by atoms with Gasteiger partial charge in [0, 0.05) is 11.6 Å². The maximum atomic E-state index is 10.9. The van der Waals surface area contributed by atoms with E-state index in [9.17, 15) is 14.9 Å². The van der Waals surface area contributed by atoms with Crippen LogP contribution in [0.3, 0.4) is 0 Å². The van der Waals surface area contributed by atoms with Gasteiger partial charge in [0.2, 0.25) is 0 Å². The summed E-state index contributed by atoms with van der Waals surface area (Å²) in [7, 11) is 1.31. The average molecular weight is 211 g/mol. The standard InChI is InChI=1S/C9H9NO5/c1-5-6(10(13)14)3-4-7(15-2)8(5)9(11)12/h3-4H,1-2H3,(H,11,12). The van der Waals surface area contributed by atoms with Crippen molar-refractivity contribution in [3.63, 3.8) is 0 Å². The molecule has 0 amide bonds. The first-order chi connectivity index (χ1) is 6.99. The molecule has 15 heavy (non-hydrogen) atoms. The molecular formula is C9H9NO5. The van der Waals surface area contributed by atoms with Crippen molar-refractivity contribution in [2.75, 3.05) is 7.11 Å². The molecule has 1 N–H and O–H groups in total. The molecule has 6 heteroatoms. The Morgan fingerprint density at radius 2 is 2.13 bits per heavy atom. The second kappa shape index (κ2) is 3.95. The predicted octanol–water partition coefficient (Wildman–Crippen LogP) is 1.61. The van der Waals surface area contributed by atoms with E-state index in [0.29, 0.717) is 0 Å². The molecule has 0 aliphatic carbocycles. The average Bonchev–Trinajstić information content (AvgIpc) is 2.15. The Bertz CT molecular complexity index is 427. The number of nitro groups is 1. The second-order valence-corrected chi connectivity index (χ2v) is 2.85. The van der Waals surface area contributed by atoms with Crippen LogP contribution in [0.25, 0.3) is 0 Å². The third kappa shape index (κ3) is 1.88. The highest BCUT2D eigenvalue weighted by Crippen LogP contribution is 2.29. The summed E-state index contributed by atoms with van der Waals surface area (Å²) in [5.41, 5.74) is -0.313. The molecule has 0 aliphatic heterocycles. The normalized spacial score (nSPS) is 9.73. The minimum atomic E-state index is -1.24. The molecule has 1 aromatic carbocycles. The molecule has 0 fully saturated rings. The molecule has 0 bridgehead atoms. The van der Waals surface area contributed by atoms with Crippen molar-refractivity contribution in [3.05, 3.63) is 33.4 Å². The molecule has 80 valence electrons. The minimum Gasteiger partial charge on any atom is -0.496 e. The van der Waals surface area contributed by atoms with E-state index in [-0.39, 0.29) is 22.6 Å². The summed E-state index contributed by atoms with van der Waals surface area (Å²) in [6, 6.07) is 2.50. The highest BCUT2D eigenvalue weighted by molar-refractivity contribution is 5.93. The smallest absolute Gasteiger partial charge is 0.340 e. The first-order valence-electron chi connectivity index (χ1n) is 4.04. The molecular weight excluding hydrogens is 202 g/mol. The van der Waals surface area contributed by atoms with Gasteiger partial charge in [-0.1, -0.05) is 0 Å². The number of aromatic carboxylic acids is 1. The number of ether oxygens (including phenoxy) is 1. The number of hydrogen-bond acceptors (Lipinski definition) is 4. The molecule has 0 heterocycles. The van der Waals surface area contributed by atoms with Crippen LogP contribution in [0.1, 0.15) is 15.9 Å². The summed E-state index contributed by atoms with van der Waals surface area (Å²) < 4.78 is 4.82. The highest BCUT2D eigenvalue weighted by Gasteiger charge is 2.22. The third-order valence-electron chi connectivity index (χ3n) is 2.03. The Kier molecular flexibility index (Phi) is 2.89. The van der Waals surface area contributed by atoms with E-state index < -0.39 is 10.9 Å². The van der Waals surface area contributed by atoms with Gasteiger partial charge in [-0.25, -0.2) is 4.79 Å². The van der Waals surface area contributed by atoms with E-state index >= 15 is 0 Å². The molecule has 0 atom stereocenters.